The van der Waals surface area contributed by atoms with E-state index in [9.17, 15) is 0 Å². The summed E-state index contributed by atoms with van der Waals surface area (Å²) in [5.74, 6) is 0. The number of hydrogen-bond donors (Lipinski definition) is 0. The maximum Gasteiger partial charge on any atom is 0.496 e. The van der Waals surface area contributed by atoms with Gasteiger partial charge in [-0.25, -0.2) is 0 Å². The van der Waals surface area contributed by atoms with E-state index in [0.29, 0.717) is 0 Å². The summed E-state index contributed by atoms with van der Waals surface area (Å²) in [6.45, 7) is 8.22. The zero-order valence-electron chi connectivity index (χ0n) is 12.5. The number of alkyl halides is 1. The minimum Gasteiger partial charge on any atom is -0.399 e. The monoisotopic (exact) mass is 337 g/mol. The molecule has 1 saturated heterocycles. The number of rotatable bonds is 4. The van der Waals surface area contributed by atoms with Gasteiger partial charge in [-0.2, -0.15) is 0 Å². The van der Waals surface area contributed by atoms with Gasteiger partial charge in [0.25, 0.3) is 0 Å². The zero-order valence-corrected chi connectivity index (χ0v) is 14.1. The van der Waals surface area contributed by atoms with Crippen molar-refractivity contribution in [2.24, 2.45) is 0 Å². The van der Waals surface area contributed by atoms with Crippen LogP contribution in [0.3, 0.4) is 0 Å². The zero-order chi connectivity index (χ0) is 14.8. The molecule has 1 aliphatic heterocycles. The second-order valence-electron chi connectivity index (χ2n) is 6.02. The second-order valence-corrected chi connectivity index (χ2v) is 6.81. The first kappa shape index (κ1) is 15.7. The van der Waals surface area contributed by atoms with Gasteiger partial charge in [0.15, 0.2) is 0 Å². The molecular weight excluding hydrogens is 317 g/mol. The van der Waals surface area contributed by atoms with Gasteiger partial charge >= 0.3 is 7.12 Å². The van der Waals surface area contributed by atoms with Crippen LogP contribution >= 0.6 is 15.9 Å². The van der Waals surface area contributed by atoms with Crippen molar-refractivity contribution in [2.45, 2.75) is 45.3 Å². The molecule has 0 N–H and O–H groups in total. The third kappa shape index (κ3) is 3.33. The molecule has 0 aromatic carbocycles. The molecule has 0 unspecified atom stereocenters. The number of pyridine rings is 1. The molecule has 2 rings (SSSR count). The van der Waals surface area contributed by atoms with E-state index < -0.39 is 0 Å². The Balaban J connectivity index is 2.17. The standard InChI is InChI=1S/C15H21BBrNO2/c1-14(2)15(3,4)20-16(19-14)13-9-12(10-18-11-13)7-5-6-8-17/h5,7,9-11H,6,8H2,1-4H3. The van der Waals surface area contributed by atoms with Crippen molar-refractivity contribution < 1.29 is 9.31 Å². The first-order chi connectivity index (χ1) is 9.36. The van der Waals surface area contributed by atoms with Gasteiger partial charge in [0.2, 0.25) is 0 Å². The van der Waals surface area contributed by atoms with E-state index in [1.165, 1.54) is 0 Å². The predicted molar refractivity (Wildman–Crippen MR) is 87.4 cm³/mol. The van der Waals surface area contributed by atoms with Crippen LogP contribution in [-0.2, 0) is 9.31 Å². The first-order valence-corrected chi connectivity index (χ1v) is 8.01. The van der Waals surface area contributed by atoms with E-state index in [0.717, 1.165) is 22.8 Å². The minimum atomic E-state index is -0.350. The number of nitrogens with zero attached hydrogens (tertiary/aromatic N) is 1. The average Bonchev–Trinajstić information content (AvgIpc) is 2.59. The summed E-state index contributed by atoms with van der Waals surface area (Å²) in [7, 11) is -0.350. The SMILES string of the molecule is CC1(C)OB(c2cncc(C=CCCBr)c2)OC1(C)C. The van der Waals surface area contributed by atoms with Gasteiger partial charge in [0.1, 0.15) is 0 Å². The Kier molecular flexibility index (Phi) is 4.72. The summed E-state index contributed by atoms with van der Waals surface area (Å²) in [6.07, 6.45) is 8.85. The number of aromatic nitrogens is 1. The molecule has 20 heavy (non-hydrogen) atoms. The highest BCUT2D eigenvalue weighted by atomic mass is 79.9. The van der Waals surface area contributed by atoms with Crippen LogP contribution in [0.2, 0.25) is 0 Å². The van der Waals surface area contributed by atoms with Crippen molar-refractivity contribution in [3.63, 3.8) is 0 Å². The number of hydrogen-bond acceptors (Lipinski definition) is 3. The Morgan fingerprint density at radius 2 is 1.85 bits per heavy atom. The molecule has 0 saturated carbocycles. The molecule has 5 heteroatoms. The van der Waals surface area contributed by atoms with E-state index in [1.54, 1.807) is 0 Å². The van der Waals surface area contributed by atoms with Gasteiger partial charge in [-0.15, -0.1) is 0 Å². The molecule has 0 bridgehead atoms. The van der Waals surface area contributed by atoms with E-state index in [1.807, 2.05) is 12.4 Å². The van der Waals surface area contributed by atoms with Crippen molar-refractivity contribution in [3.8, 4) is 0 Å². The molecule has 0 radical (unpaired) electrons. The van der Waals surface area contributed by atoms with Gasteiger partial charge in [-0.05, 0) is 39.7 Å². The summed E-state index contributed by atoms with van der Waals surface area (Å²) in [6, 6.07) is 2.07. The molecule has 1 aromatic rings. The smallest absolute Gasteiger partial charge is 0.399 e. The van der Waals surface area contributed by atoms with Crippen LogP contribution in [0.1, 0.15) is 39.7 Å². The Hall–Kier alpha value is -0.645. The van der Waals surface area contributed by atoms with Crippen molar-refractivity contribution in [1.29, 1.82) is 0 Å². The van der Waals surface area contributed by atoms with Gasteiger partial charge in [-0.1, -0.05) is 34.1 Å². The predicted octanol–water partition coefficient (Wildman–Crippen LogP) is 3.18. The van der Waals surface area contributed by atoms with E-state index in [4.69, 9.17) is 9.31 Å². The van der Waals surface area contributed by atoms with Crippen LogP contribution in [0.15, 0.2) is 24.5 Å². The van der Waals surface area contributed by atoms with E-state index in [2.05, 4.69) is 66.8 Å². The molecule has 108 valence electrons. The Morgan fingerprint density at radius 3 is 2.45 bits per heavy atom. The molecule has 0 atom stereocenters. The largest absolute Gasteiger partial charge is 0.496 e. The molecule has 0 amide bonds. The van der Waals surface area contributed by atoms with Gasteiger partial charge in [0, 0.05) is 23.2 Å². The molecule has 0 aliphatic carbocycles. The van der Waals surface area contributed by atoms with E-state index in [-0.39, 0.29) is 18.3 Å². The van der Waals surface area contributed by atoms with Crippen molar-refractivity contribution in [2.75, 3.05) is 5.33 Å². The van der Waals surface area contributed by atoms with Crippen LogP contribution < -0.4 is 5.46 Å². The summed E-state index contributed by atoms with van der Waals surface area (Å²) in [4.78, 5) is 4.28. The molecule has 0 spiro atoms. The maximum atomic E-state index is 6.04. The van der Waals surface area contributed by atoms with Crippen LogP contribution in [0, 0.1) is 0 Å². The lowest BCUT2D eigenvalue weighted by molar-refractivity contribution is 0.00578. The minimum absolute atomic E-state index is 0.320. The number of halogens is 1. The highest BCUT2D eigenvalue weighted by Gasteiger charge is 2.51. The summed E-state index contributed by atoms with van der Waals surface area (Å²) < 4.78 is 12.1. The number of allylic oxidation sites excluding steroid dienone is 1. The summed E-state index contributed by atoms with van der Waals surface area (Å²) in [5, 5.41) is 0.966. The van der Waals surface area contributed by atoms with Gasteiger partial charge in [0.05, 0.1) is 11.2 Å². The van der Waals surface area contributed by atoms with Crippen LogP contribution in [0.4, 0.5) is 0 Å². The fourth-order valence-electron chi connectivity index (χ4n) is 1.96. The molecule has 2 heterocycles. The Morgan fingerprint density at radius 1 is 1.20 bits per heavy atom. The van der Waals surface area contributed by atoms with Crippen molar-refractivity contribution in [3.05, 3.63) is 30.1 Å². The molecule has 1 aromatic heterocycles. The molecule has 1 fully saturated rings. The Labute approximate surface area is 130 Å². The van der Waals surface area contributed by atoms with Crippen molar-refractivity contribution in [1.82, 2.24) is 4.98 Å². The average molecular weight is 338 g/mol. The molecule has 1 aliphatic rings. The Bertz CT molecular complexity index is 486. The first-order valence-electron chi connectivity index (χ1n) is 6.89. The molecule has 3 nitrogen and oxygen atoms in total. The van der Waals surface area contributed by atoms with Crippen LogP contribution in [0.5, 0.6) is 0 Å². The summed E-state index contributed by atoms with van der Waals surface area (Å²) >= 11 is 3.41. The molecular formula is C15H21BBrNO2. The third-order valence-electron chi connectivity index (χ3n) is 3.89. The quantitative estimate of drug-likeness (QED) is 0.624. The maximum absolute atomic E-state index is 6.04. The second kappa shape index (κ2) is 6.00. The van der Waals surface area contributed by atoms with Crippen molar-refractivity contribution >= 4 is 34.6 Å². The fraction of sp³-hybridized carbons (Fsp3) is 0.533. The highest BCUT2D eigenvalue weighted by Crippen LogP contribution is 2.36. The lowest BCUT2D eigenvalue weighted by Gasteiger charge is -2.32. The van der Waals surface area contributed by atoms with Gasteiger partial charge in [-0.3, -0.25) is 4.98 Å². The topological polar surface area (TPSA) is 31.4 Å². The fourth-order valence-corrected chi connectivity index (χ4v) is 2.22. The lowest BCUT2D eigenvalue weighted by atomic mass is 9.80. The normalized spacial score (nSPS) is 20.8. The lowest BCUT2D eigenvalue weighted by Crippen LogP contribution is -2.41. The van der Waals surface area contributed by atoms with E-state index >= 15 is 0 Å². The van der Waals surface area contributed by atoms with Crippen LogP contribution in [0.25, 0.3) is 6.08 Å². The van der Waals surface area contributed by atoms with Crippen LogP contribution in [-0.4, -0.2) is 28.6 Å². The highest BCUT2D eigenvalue weighted by molar-refractivity contribution is 9.09. The summed E-state index contributed by atoms with van der Waals surface area (Å²) in [5.41, 5.74) is 1.39. The van der Waals surface area contributed by atoms with Gasteiger partial charge < -0.3 is 9.31 Å². The third-order valence-corrected chi connectivity index (χ3v) is 4.35.